The summed E-state index contributed by atoms with van der Waals surface area (Å²) in [5.74, 6) is -0.399. The molecule has 0 aliphatic carbocycles. The molecule has 0 aromatic heterocycles. The molecule has 0 radical (unpaired) electrons. The maximum Gasteiger partial charge on any atom is 0.417 e. The number of halogens is 3. The van der Waals surface area contributed by atoms with E-state index in [1.807, 2.05) is 0 Å². The van der Waals surface area contributed by atoms with Crippen LogP contribution in [0.3, 0.4) is 0 Å². The van der Waals surface area contributed by atoms with E-state index in [0.29, 0.717) is 11.4 Å². The van der Waals surface area contributed by atoms with Crippen molar-refractivity contribution in [1.29, 1.82) is 0 Å². The molecule has 0 spiro atoms. The lowest BCUT2D eigenvalue weighted by molar-refractivity contribution is -0.137. The van der Waals surface area contributed by atoms with Gasteiger partial charge in [-0.25, -0.2) is 4.79 Å². The Bertz CT molecular complexity index is 1100. The number of benzene rings is 3. The summed E-state index contributed by atoms with van der Waals surface area (Å²) in [6.45, 7) is 0. The summed E-state index contributed by atoms with van der Waals surface area (Å²) < 4.78 is 44.7. The highest BCUT2D eigenvalue weighted by molar-refractivity contribution is 6.09. The summed E-state index contributed by atoms with van der Waals surface area (Å²) in [5, 5.41) is 7.61. The van der Waals surface area contributed by atoms with E-state index in [0.717, 1.165) is 12.1 Å². The number of hydrogen-bond donors (Lipinski definition) is 3. The zero-order valence-corrected chi connectivity index (χ0v) is 16.3. The Morgan fingerprint density at radius 3 is 2.13 bits per heavy atom. The normalized spacial score (nSPS) is 10.8. The van der Waals surface area contributed by atoms with Gasteiger partial charge in [0.15, 0.2) is 0 Å². The molecule has 9 heteroatoms. The lowest BCUT2D eigenvalue weighted by Gasteiger charge is -2.15. The van der Waals surface area contributed by atoms with Gasteiger partial charge in [0.05, 0.1) is 29.6 Å². The first kappa shape index (κ1) is 21.7. The molecule has 3 aromatic rings. The summed E-state index contributed by atoms with van der Waals surface area (Å²) >= 11 is 0. The minimum atomic E-state index is -4.68. The Hall–Kier alpha value is -4.01. The summed E-state index contributed by atoms with van der Waals surface area (Å²) in [4.78, 5) is 24.9. The van der Waals surface area contributed by atoms with Crippen molar-refractivity contribution in [2.75, 3.05) is 23.1 Å². The number of para-hydroxylation sites is 2. The molecule has 0 heterocycles. The number of alkyl halides is 3. The molecular formula is C22H18F3N3O3. The number of urea groups is 1. The van der Waals surface area contributed by atoms with Crippen LogP contribution in [0.4, 0.5) is 35.0 Å². The van der Waals surface area contributed by atoms with Gasteiger partial charge in [-0.05, 0) is 36.4 Å². The molecule has 160 valence electrons. The molecular weight excluding hydrogens is 411 g/mol. The second-order valence-electron chi connectivity index (χ2n) is 6.35. The molecule has 0 fully saturated rings. The van der Waals surface area contributed by atoms with Gasteiger partial charge in [-0.15, -0.1) is 0 Å². The largest absolute Gasteiger partial charge is 0.497 e. The van der Waals surface area contributed by atoms with Crippen molar-refractivity contribution in [3.8, 4) is 5.75 Å². The Morgan fingerprint density at radius 2 is 1.45 bits per heavy atom. The molecule has 3 aromatic carbocycles. The first-order valence-electron chi connectivity index (χ1n) is 9.06. The summed E-state index contributed by atoms with van der Waals surface area (Å²) in [5.41, 5.74) is -0.747. The van der Waals surface area contributed by atoms with Crippen molar-refractivity contribution < 1.29 is 27.5 Å². The topological polar surface area (TPSA) is 79.5 Å². The van der Waals surface area contributed by atoms with E-state index in [-0.39, 0.29) is 11.4 Å². The van der Waals surface area contributed by atoms with Crippen molar-refractivity contribution >= 4 is 29.0 Å². The third-order valence-corrected chi connectivity index (χ3v) is 4.23. The SMILES string of the molecule is COc1cccc(NC(=O)Nc2ccccc2NC(=O)c2ccccc2C(F)(F)F)c1. The zero-order chi connectivity index (χ0) is 22.4. The molecule has 0 aliphatic rings. The van der Waals surface area contributed by atoms with Crippen LogP contribution in [0.5, 0.6) is 5.75 Å². The number of carbonyl (C=O) groups is 2. The van der Waals surface area contributed by atoms with Crippen molar-refractivity contribution in [3.63, 3.8) is 0 Å². The van der Waals surface area contributed by atoms with Gasteiger partial charge in [0, 0.05) is 11.8 Å². The Balaban J connectivity index is 1.77. The zero-order valence-electron chi connectivity index (χ0n) is 16.3. The van der Waals surface area contributed by atoms with Crippen LogP contribution in [0.1, 0.15) is 15.9 Å². The first-order chi connectivity index (χ1) is 14.8. The molecule has 0 bridgehead atoms. The number of methoxy groups -OCH3 is 1. The molecule has 3 amide bonds. The molecule has 6 nitrogen and oxygen atoms in total. The van der Waals surface area contributed by atoms with Gasteiger partial charge in [-0.1, -0.05) is 30.3 Å². The number of nitrogens with one attached hydrogen (secondary N) is 3. The van der Waals surface area contributed by atoms with Crippen molar-refractivity contribution in [2.24, 2.45) is 0 Å². The van der Waals surface area contributed by atoms with Crippen LogP contribution < -0.4 is 20.7 Å². The second kappa shape index (κ2) is 9.21. The van der Waals surface area contributed by atoms with Crippen LogP contribution in [0.2, 0.25) is 0 Å². The van der Waals surface area contributed by atoms with Crippen molar-refractivity contribution in [1.82, 2.24) is 0 Å². The predicted octanol–water partition coefficient (Wildman–Crippen LogP) is 5.61. The highest BCUT2D eigenvalue weighted by Crippen LogP contribution is 2.32. The maximum absolute atomic E-state index is 13.2. The standard InChI is InChI=1S/C22H18F3N3O3/c1-31-15-8-6-7-14(13-15)26-21(30)28-19-12-5-4-11-18(19)27-20(29)16-9-2-3-10-17(16)22(23,24)25/h2-13H,1H3,(H,27,29)(H2,26,28,30). The van der Waals surface area contributed by atoms with Crippen LogP contribution in [-0.2, 0) is 6.18 Å². The van der Waals surface area contributed by atoms with E-state index in [2.05, 4.69) is 16.0 Å². The number of carbonyl (C=O) groups excluding carboxylic acids is 2. The Kier molecular flexibility index (Phi) is 6.44. The van der Waals surface area contributed by atoms with E-state index in [1.54, 1.807) is 36.4 Å². The fraction of sp³-hybridized carbons (Fsp3) is 0.0909. The van der Waals surface area contributed by atoms with Crippen molar-refractivity contribution in [3.05, 3.63) is 83.9 Å². The lowest BCUT2D eigenvalue weighted by atomic mass is 10.1. The molecule has 31 heavy (non-hydrogen) atoms. The minimum absolute atomic E-state index is 0.144. The Morgan fingerprint density at radius 1 is 0.806 bits per heavy atom. The van der Waals surface area contributed by atoms with Gasteiger partial charge >= 0.3 is 12.2 Å². The average Bonchev–Trinajstić information content (AvgIpc) is 2.74. The molecule has 0 atom stereocenters. The number of hydrogen-bond acceptors (Lipinski definition) is 3. The third-order valence-electron chi connectivity index (χ3n) is 4.23. The maximum atomic E-state index is 13.2. The van der Waals surface area contributed by atoms with E-state index < -0.39 is 29.2 Å². The molecule has 0 saturated carbocycles. The molecule has 0 saturated heterocycles. The van der Waals surface area contributed by atoms with E-state index >= 15 is 0 Å². The number of anilines is 3. The van der Waals surface area contributed by atoms with Gasteiger partial charge in [0.25, 0.3) is 5.91 Å². The highest BCUT2D eigenvalue weighted by Gasteiger charge is 2.34. The lowest BCUT2D eigenvalue weighted by Crippen LogP contribution is -2.22. The predicted molar refractivity (Wildman–Crippen MR) is 111 cm³/mol. The molecule has 3 rings (SSSR count). The second-order valence-corrected chi connectivity index (χ2v) is 6.35. The number of amides is 3. The highest BCUT2D eigenvalue weighted by atomic mass is 19.4. The fourth-order valence-corrected chi connectivity index (χ4v) is 2.80. The summed E-state index contributed by atoms with van der Waals surface area (Å²) in [7, 11) is 1.50. The van der Waals surface area contributed by atoms with Crippen molar-refractivity contribution in [2.45, 2.75) is 6.18 Å². The number of rotatable bonds is 5. The third kappa shape index (κ3) is 5.53. The van der Waals surface area contributed by atoms with E-state index in [9.17, 15) is 22.8 Å². The molecule has 0 aliphatic heterocycles. The summed E-state index contributed by atoms with van der Waals surface area (Å²) in [6.07, 6.45) is -4.68. The van der Waals surface area contributed by atoms with Crippen LogP contribution in [0, 0.1) is 0 Å². The van der Waals surface area contributed by atoms with E-state index in [4.69, 9.17) is 4.74 Å². The van der Waals surface area contributed by atoms with Crippen LogP contribution in [0.15, 0.2) is 72.8 Å². The van der Waals surface area contributed by atoms with Crippen LogP contribution in [0.25, 0.3) is 0 Å². The monoisotopic (exact) mass is 429 g/mol. The molecule has 0 unspecified atom stereocenters. The number of ether oxygens (including phenoxy) is 1. The van der Waals surface area contributed by atoms with Gasteiger partial charge in [0.1, 0.15) is 5.75 Å². The van der Waals surface area contributed by atoms with Gasteiger partial charge in [-0.2, -0.15) is 13.2 Å². The molecule has 3 N–H and O–H groups in total. The first-order valence-corrected chi connectivity index (χ1v) is 9.06. The van der Waals surface area contributed by atoms with E-state index in [1.165, 1.54) is 31.4 Å². The summed E-state index contributed by atoms with van der Waals surface area (Å²) in [6, 6.07) is 16.7. The van der Waals surface area contributed by atoms with Gasteiger partial charge < -0.3 is 20.7 Å². The Labute approximate surface area is 176 Å². The quantitative estimate of drug-likeness (QED) is 0.493. The van der Waals surface area contributed by atoms with Gasteiger partial charge in [0.2, 0.25) is 0 Å². The average molecular weight is 429 g/mol. The minimum Gasteiger partial charge on any atom is -0.497 e. The fourth-order valence-electron chi connectivity index (χ4n) is 2.80. The van der Waals surface area contributed by atoms with Gasteiger partial charge in [-0.3, -0.25) is 4.79 Å². The van der Waals surface area contributed by atoms with Crippen LogP contribution >= 0.6 is 0 Å². The van der Waals surface area contributed by atoms with Crippen LogP contribution in [-0.4, -0.2) is 19.0 Å². The smallest absolute Gasteiger partial charge is 0.417 e.